The van der Waals surface area contributed by atoms with Gasteiger partial charge in [0.2, 0.25) is 0 Å². The monoisotopic (exact) mass is 1150 g/mol. The number of allylic oxidation sites excluding steroid dienone is 7. The summed E-state index contributed by atoms with van der Waals surface area (Å²) in [6.45, 7) is 30.5. The molecule has 0 amide bonds. The molecule has 0 unspecified atom stereocenters. The van der Waals surface area contributed by atoms with Crippen molar-refractivity contribution in [2.45, 2.75) is 0 Å². The van der Waals surface area contributed by atoms with Crippen molar-refractivity contribution in [2.24, 2.45) is 0 Å². The van der Waals surface area contributed by atoms with Crippen LogP contribution in [0.15, 0.2) is 294 Å². The fourth-order valence-electron chi connectivity index (χ4n) is 8.83. The molecule has 16 rings (SSSR count). The summed E-state index contributed by atoms with van der Waals surface area (Å²) in [5, 5.41) is 29.3. The molecule has 0 fully saturated rings. The number of nitrogens with one attached hydrogen (secondary N) is 8. The smallest absolute Gasteiger partial charge is 0.137 e. The molecule has 5 aromatic heterocycles. The predicted octanol–water partition coefficient (Wildman–Crippen LogP) is 13.0. The molecule has 0 saturated carbocycles. The maximum atomic E-state index is 4.16. The Balaban J connectivity index is 0.000000120. The third-order valence-electron chi connectivity index (χ3n) is 13.2. The van der Waals surface area contributed by atoms with E-state index < -0.39 is 0 Å². The van der Waals surface area contributed by atoms with Crippen LogP contribution in [0.5, 0.6) is 0 Å². The Labute approximate surface area is 514 Å². The van der Waals surface area contributed by atoms with Crippen LogP contribution >= 0.6 is 0 Å². The van der Waals surface area contributed by atoms with Crippen molar-refractivity contribution in [3.63, 3.8) is 0 Å². The summed E-state index contributed by atoms with van der Waals surface area (Å²) in [6, 6.07) is 40.2. The van der Waals surface area contributed by atoms with Crippen LogP contribution in [-0.2, 0) is 0 Å². The first-order valence-corrected chi connectivity index (χ1v) is 28.0. The number of aromatic nitrogens is 5. The molecule has 13 nitrogen and oxygen atoms in total. The van der Waals surface area contributed by atoms with Gasteiger partial charge in [-0.05, 0) is 137 Å². The van der Waals surface area contributed by atoms with E-state index in [-0.39, 0.29) is 0 Å². The molecule has 0 atom stereocenters. The highest BCUT2D eigenvalue weighted by atomic mass is 15.0. The van der Waals surface area contributed by atoms with Gasteiger partial charge in [0.05, 0.1) is 28.6 Å². The van der Waals surface area contributed by atoms with Crippen LogP contribution in [0.25, 0.3) is 66.7 Å². The predicted molar refractivity (Wildman–Crippen MR) is 372 cm³/mol. The Morgan fingerprint density at radius 1 is 0.307 bits per heavy atom. The number of anilines is 5. The van der Waals surface area contributed by atoms with E-state index in [0.717, 1.165) is 107 Å². The number of rotatable bonds is 0. The van der Waals surface area contributed by atoms with Gasteiger partial charge in [0.25, 0.3) is 0 Å². The van der Waals surface area contributed by atoms with Crippen molar-refractivity contribution in [1.29, 1.82) is 0 Å². The Kier molecular flexibility index (Phi) is 20.7. The van der Waals surface area contributed by atoms with E-state index in [1.54, 1.807) is 37.2 Å². The summed E-state index contributed by atoms with van der Waals surface area (Å²) in [4.78, 5) is 20.5. The minimum absolute atomic E-state index is 0.885. The lowest BCUT2D eigenvalue weighted by Crippen LogP contribution is -2.33. The summed E-state index contributed by atoms with van der Waals surface area (Å²) in [6.07, 6.45) is 44.0. The number of nitrogens with zero attached hydrogens (tertiary/aromatic N) is 5. The summed E-state index contributed by atoms with van der Waals surface area (Å²) in [5.74, 6) is 0.889. The molecule has 13 heterocycles. The van der Waals surface area contributed by atoms with E-state index in [2.05, 4.69) is 156 Å². The summed E-state index contributed by atoms with van der Waals surface area (Å²) in [5.41, 5.74) is 19.7. The van der Waals surface area contributed by atoms with Crippen LogP contribution in [0.3, 0.4) is 0 Å². The number of fused-ring (bicyclic) bond motifs is 8. The van der Waals surface area contributed by atoms with Crippen molar-refractivity contribution in [2.75, 3.05) is 26.6 Å². The Morgan fingerprint density at radius 3 is 1.59 bits per heavy atom. The van der Waals surface area contributed by atoms with Gasteiger partial charge in [-0.3, -0.25) is 19.9 Å². The van der Waals surface area contributed by atoms with Gasteiger partial charge in [0, 0.05) is 140 Å². The molecule has 0 saturated heterocycles. The van der Waals surface area contributed by atoms with Crippen LogP contribution in [0.4, 0.5) is 28.6 Å². The molecule has 88 heavy (non-hydrogen) atoms. The number of para-hydroxylation sites is 1. The maximum Gasteiger partial charge on any atom is 0.137 e. The second-order valence-corrected chi connectivity index (χ2v) is 19.9. The molecule has 0 bridgehead atoms. The standard InChI is InChI=1S/3C10H9N.5C9H8N2/c1-8-6-9-4-2-3-5-10(9)7-11-8;1-8-10-5-3-2-4-9(10)6-7-11-8;1-8-6-7-9-4-2-3-5-10(9)11-8;1-7-2-3-8-6-10-5-4-9(8)11-7;1-7-2-3-8-4-5-10-6-9(8)11-7;1-7-4-5-8-9(11-7)3-2-6-10-8;1-7-4-5-8-3-2-6-10-9(8)11-7;1-7-5-8-3-2-4-10-9(8)6-11-7/h3*2-7,11H,1H2;3*2-6,11H,1H2;2-6H,1H2,(H,10,11);2-6,11H,1H2. The molecule has 8 aliphatic heterocycles. The normalized spacial score (nSPS) is 14.0. The van der Waals surface area contributed by atoms with Crippen molar-refractivity contribution in [3.05, 3.63) is 354 Å². The van der Waals surface area contributed by atoms with Crippen molar-refractivity contribution >= 4 is 95.3 Å². The van der Waals surface area contributed by atoms with Crippen molar-refractivity contribution < 1.29 is 0 Å². The van der Waals surface area contributed by atoms with Crippen LogP contribution < -0.4 is 63.5 Å². The number of hydrogen-bond acceptors (Lipinski definition) is 13. The SMILES string of the molecule is C=C1C=Cc2ccccc2N1.C=C1C=Cc2cccnc2N1.C=C1C=Cc2ccncc2N1.C=C1C=Cc2cnccc2N1.C=C1C=Cc2ncccc2N1.C=C1C=c2ccccc2=CN1.C=C1C=c2cccnc2=CN1.C=C1NC=Cc2ccccc21. The largest absolute Gasteiger partial charge is 0.362 e. The van der Waals surface area contributed by atoms with E-state index in [1.807, 2.05) is 189 Å². The van der Waals surface area contributed by atoms with Crippen LogP contribution in [0.1, 0.15) is 39.1 Å². The molecule has 0 radical (unpaired) electrons. The zero-order valence-electron chi connectivity index (χ0n) is 48.7. The molecule has 8 aliphatic rings. The molecular weight excluding hydrogens is 1080 g/mol. The summed E-state index contributed by atoms with van der Waals surface area (Å²) >= 11 is 0. The number of benzene rings is 3. The van der Waals surface area contributed by atoms with Crippen LogP contribution in [0.2, 0.25) is 0 Å². The number of hydrogen-bond donors (Lipinski definition) is 8. The van der Waals surface area contributed by atoms with Crippen molar-refractivity contribution in [1.82, 2.24) is 40.9 Å². The Hall–Kier alpha value is -12.4. The topological polar surface area (TPSA) is 161 Å². The third kappa shape index (κ3) is 17.6. The second kappa shape index (κ2) is 30.3. The molecular formula is C75H67N13. The average molecular weight is 1150 g/mol. The zero-order valence-corrected chi connectivity index (χ0v) is 48.7. The van der Waals surface area contributed by atoms with Crippen LogP contribution in [-0.4, -0.2) is 24.9 Å². The Bertz CT molecular complexity index is 3980. The van der Waals surface area contributed by atoms with Gasteiger partial charge < -0.3 is 42.5 Å². The first kappa shape index (κ1) is 60.2. The Morgan fingerprint density at radius 2 is 0.818 bits per heavy atom. The van der Waals surface area contributed by atoms with Gasteiger partial charge in [0.1, 0.15) is 5.82 Å². The van der Waals surface area contributed by atoms with Gasteiger partial charge in [-0.25, -0.2) is 4.98 Å². The third-order valence-corrected chi connectivity index (χ3v) is 13.2. The molecule has 13 heteroatoms. The highest BCUT2D eigenvalue weighted by Gasteiger charge is 2.08. The first-order chi connectivity index (χ1) is 42.9. The van der Waals surface area contributed by atoms with E-state index >= 15 is 0 Å². The van der Waals surface area contributed by atoms with Gasteiger partial charge in [-0.2, -0.15) is 0 Å². The highest BCUT2D eigenvalue weighted by Crippen LogP contribution is 2.26. The molecule has 432 valence electrons. The zero-order chi connectivity index (χ0) is 61.5. The van der Waals surface area contributed by atoms with Crippen molar-refractivity contribution in [3.8, 4) is 0 Å². The fraction of sp³-hybridized carbons (Fsp3) is 0. The van der Waals surface area contributed by atoms with Gasteiger partial charge in [-0.15, -0.1) is 0 Å². The minimum Gasteiger partial charge on any atom is -0.362 e. The van der Waals surface area contributed by atoms with E-state index in [4.69, 9.17) is 0 Å². The van der Waals surface area contributed by atoms with E-state index in [9.17, 15) is 0 Å². The molecule has 3 aromatic carbocycles. The maximum absolute atomic E-state index is 4.16. The van der Waals surface area contributed by atoms with Gasteiger partial charge in [-0.1, -0.05) is 138 Å². The molecule has 8 aromatic rings. The molecule has 8 N–H and O–H groups in total. The lowest BCUT2D eigenvalue weighted by atomic mass is 10.0. The average Bonchev–Trinajstić information content (AvgIpc) is 3.57. The van der Waals surface area contributed by atoms with Gasteiger partial charge >= 0.3 is 0 Å². The van der Waals surface area contributed by atoms with E-state index in [1.165, 1.54) is 27.1 Å². The lowest BCUT2D eigenvalue weighted by Gasteiger charge is -2.13. The summed E-state index contributed by atoms with van der Waals surface area (Å²) in [7, 11) is 0. The number of pyridine rings is 5. The first-order valence-electron chi connectivity index (χ1n) is 28.0. The highest BCUT2D eigenvalue weighted by molar-refractivity contribution is 5.78. The van der Waals surface area contributed by atoms with Gasteiger partial charge in [0.15, 0.2) is 0 Å². The summed E-state index contributed by atoms with van der Waals surface area (Å²) < 4.78 is 0. The molecule has 0 spiro atoms. The minimum atomic E-state index is 0.885. The van der Waals surface area contributed by atoms with E-state index in [0.29, 0.717) is 0 Å². The lowest BCUT2D eigenvalue weighted by molar-refractivity contribution is 1.12. The quantitative estimate of drug-likeness (QED) is 0.0725. The second-order valence-electron chi connectivity index (χ2n) is 19.9. The van der Waals surface area contributed by atoms with Crippen LogP contribution in [0, 0.1) is 0 Å². The molecule has 0 aliphatic carbocycles. The fourth-order valence-corrected chi connectivity index (χ4v) is 8.83.